The summed E-state index contributed by atoms with van der Waals surface area (Å²) >= 11 is 0. The van der Waals surface area contributed by atoms with Gasteiger partial charge in [0, 0.05) is 12.1 Å². The summed E-state index contributed by atoms with van der Waals surface area (Å²) in [7, 11) is 2.65. The third-order valence-electron chi connectivity index (χ3n) is 3.02. The topological polar surface area (TPSA) is 64.6 Å². The summed E-state index contributed by atoms with van der Waals surface area (Å²) in [5.74, 6) is -1.65. The fraction of sp³-hybridized carbons (Fsp3) is 0.600. The summed E-state index contributed by atoms with van der Waals surface area (Å²) in [5.41, 5.74) is 0. The van der Waals surface area contributed by atoms with Crippen LogP contribution in [0.25, 0.3) is 0 Å². The van der Waals surface area contributed by atoms with Crippen molar-refractivity contribution in [2.45, 2.75) is 12.1 Å². The molecule has 4 atom stereocenters. The van der Waals surface area contributed by atoms with Gasteiger partial charge in [-0.25, -0.2) is 0 Å². The van der Waals surface area contributed by atoms with E-state index in [-0.39, 0.29) is 24.0 Å². The van der Waals surface area contributed by atoms with E-state index >= 15 is 0 Å². The number of fused-ring (bicyclic) bond motifs is 2. The van der Waals surface area contributed by atoms with E-state index in [9.17, 15) is 9.59 Å². The first-order valence-electron chi connectivity index (χ1n) is 4.79. The maximum atomic E-state index is 11.5. The quantitative estimate of drug-likeness (QED) is 0.491. The summed E-state index contributed by atoms with van der Waals surface area (Å²) in [6.45, 7) is 0. The maximum Gasteiger partial charge on any atom is 0.311 e. The Balaban J connectivity index is 2.24. The molecule has 5 nitrogen and oxygen atoms in total. The van der Waals surface area contributed by atoms with Crippen molar-refractivity contribution in [2.75, 3.05) is 14.2 Å². The minimum atomic E-state index is -0.461. The molecule has 1 fully saturated rings. The Bertz CT molecular complexity index is 295. The van der Waals surface area contributed by atoms with E-state index in [0.29, 0.717) is 0 Å². The van der Waals surface area contributed by atoms with E-state index in [1.54, 1.807) is 0 Å². The number of hydrogen-bond acceptors (Lipinski definition) is 5. The number of rotatable bonds is 2. The Morgan fingerprint density at radius 3 is 1.73 bits per heavy atom. The van der Waals surface area contributed by atoms with Crippen LogP contribution in [0, 0.1) is 11.8 Å². The summed E-state index contributed by atoms with van der Waals surface area (Å²) < 4.78 is 9.38. The predicted molar refractivity (Wildman–Crippen MR) is 50.9 cm³/mol. The highest BCUT2D eigenvalue weighted by Gasteiger charge is 2.52. The second kappa shape index (κ2) is 3.66. The Morgan fingerprint density at radius 1 is 1.00 bits per heavy atom. The lowest BCUT2D eigenvalue weighted by Gasteiger charge is -2.21. The van der Waals surface area contributed by atoms with Crippen LogP contribution in [-0.4, -0.2) is 38.2 Å². The summed E-state index contributed by atoms with van der Waals surface area (Å²) in [6.07, 6.45) is 3.79. The maximum absolute atomic E-state index is 11.5. The van der Waals surface area contributed by atoms with Gasteiger partial charge in [-0.2, -0.15) is 0 Å². The molecule has 2 aliphatic rings. The highest BCUT2D eigenvalue weighted by atomic mass is 16.5. The first kappa shape index (κ1) is 10.2. The van der Waals surface area contributed by atoms with Crippen molar-refractivity contribution in [2.24, 2.45) is 11.8 Å². The monoisotopic (exact) mass is 211 g/mol. The summed E-state index contributed by atoms with van der Waals surface area (Å²) in [4.78, 5) is 23.1. The van der Waals surface area contributed by atoms with Crippen LogP contribution in [-0.2, 0) is 19.1 Å². The molecule has 5 heteroatoms. The molecule has 0 aromatic rings. The third-order valence-corrected chi connectivity index (χ3v) is 3.02. The van der Waals surface area contributed by atoms with E-state index in [1.165, 1.54) is 14.2 Å². The Morgan fingerprint density at radius 2 is 1.40 bits per heavy atom. The average molecular weight is 211 g/mol. The van der Waals surface area contributed by atoms with Crippen LogP contribution < -0.4 is 5.32 Å². The van der Waals surface area contributed by atoms with Gasteiger partial charge in [0.2, 0.25) is 0 Å². The Labute approximate surface area is 87.4 Å². The van der Waals surface area contributed by atoms with Gasteiger partial charge in [0.05, 0.1) is 26.1 Å². The smallest absolute Gasteiger partial charge is 0.311 e. The van der Waals surface area contributed by atoms with Gasteiger partial charge in [0.25, 0.3) is 0 Å². The van der Waals surface area contributed by atoms with Crippen molar-refractivity contribution in [3.8, 4) is 0 Å². The van der Waals surface area contributed by atoms with Crippen molar-refractivity contribution >= 4 is 11.9 Å². The molecule has 2 bridgehead atoms. The van der Waals surface area contributed by atoms with Gasteiger partial charge in [-0.15, -0.1) is 0 Å². The van der Waals surface area contributed by atoms with E-state index in [1.807, 2.05) is 12.2 Å². The molecule has 2 rings (SSSR count). The molecular weight excluding hydrogens is 198 g/mol. The molecule has 0 radical (unpaired) electrons. The van der Waals surface area contributed by atoms with Gasteiger partial charge in [-0.1, -0.05) is 12.2 Å². The largest absolute Gasteiger partial charge is 0.469 e. The molecule has 0 aromatic carbocycles. The number of carbonyl (C=O) groups excluding carboxylic acids is 2. The fourth-order valence-corrected chi connectivity index (χ4v) is 2.32. The van der Waals surface area contributed by atoms with Crippen molar-refractivity contribution in [1.82, 2.24) is 5.32 Å². The number of methoxy groups -OCH3 is 2. The predicted octanol–water partition coefficient (Wildman–Crippen LogP) is -0.525. The molecule has 1 N–H and O–H groups in total. The van der Waals surface area contributed by atoms with Gasteiger partial charge in [-0.05, 0) is 0 Å². The molecule has 0 spiro atoms. The fourth-order valence-electron chi connectivity index (χ4n) is 2.32. The van der Waals surface area contributed by atoms with Gasteiger partial charge in [0.1, 0.15) is 0 Å². The van der Waals surface area contributed by atoms with E-state index in [4.69, 9.17) is 9.47 Å². The zero-order valence-corrected chi connectivity index (χ0v) is 8.60. The van der Waals surface area contributed by atoms with Crippen LogP contribution in [0.5, 0.6) is 0 Å². The number of esters is 2. The van der Waals surface area contributed by atoms with Gasteiger partial charge < -0.3 is 14.8 Å². The van der Waals surface area contributed by atoms with Gasteiger partial charge >= 0.3 is 11.9 Å². The molecule has 82 valence electrons. The lowest BCUT2D eigenvalue weighted by Crippen LogP contribution is -2.37. The Kier molecular flexibility index (Phi) is 2.48. The molecule has 0 unspecified atom stereocenters. The molecule has 15 heavy (non-hydrogen) atoms. The van der Waals surface area contributed by atoms with Crippen LogP contribution in [0.1, 0.15) is 0 Å². The standard InChI is InChI=1S/C10H13NO4/c1-14-9(12)7-5-3-4-6(11-5)8(7)10(13)15-2/h3-8,11H,1-2H3/t5-,6+,7-,8-/m1/s1. The van der Waals surface area contributed by atoms with E-state index < -0.39 is 11.8 Å². The van der Waals surface area contributed by atoms with Gasteiger partial charge in [0.15, 0.2) is 0 Å². The van der Waals surface area contributed by atoms with E-state index in [0.717, 1.165) is 0 Å². The van der Waals surface area contributed by atoms with Crippen LogP contribution in [0.2, 0.25) is 0 Å². The molecular formula is C10H13NO4. The third kappa shape index (κ3) is 1.43. The van der Waals surface area contributed by atoms with Crippen molar-refractivity contribution in [3.63, 3.8) is 0 Å². The summed E-state index contributed by atoms with van der Waals surface area (Å²) in [5, 5.41) is 3.15. The molecule has 2 heterocycles. The minimum absolute atomic E-state index is 0.105. The van der Waals surface area contributed by atoms with E-state index in [2.05, 4.69) is 5.32 Å². The number of ether oxygens (including phenoxy) is 2. The highest BCUT2D eigenvalue weighted by molar-refractivity contribution is 5.85. The van der Waals surface area contributed by atoms with Gasteiger partial charge in [-0.3, -0.25) is 9.59 Å². The summed E-state index contributed by atoms with van der Waals surface area (Å²) in [6, 6.07) is -0.210. The first-order valence-corrected chi connectivity index (χ1v) is 4.79. The Hall–Kier alpha value is -1.36. The second-order valence-corrected chi connectivity index (χ2v) is 3.70. The van der Waals surface area contributed by atoms with Crippen molar-refractivity contribution < 1.29 is 19.1 Å². The first-order chi connectivity index (χ1) is 7.19. The second-order valence-electron chi connectivity index (χ2n) is 3.70. The lowest BCUT2D eigenvalue weighted by molar-refractivity contribution is -0.156. The highest BCUT2D eigenvalue weighted by Crippen LogP contribution is 2.35. The normalized spacial score (nSPS) is 36.7. The van der Waals surface area contributed by atoms with Crippen LogP contribution in [0.3, 0.4) is 0 Å². The lowest BCUT2D eigenvalue weighted by atomic mass is 9.83. The SMILES string of the molecule is COC(=O)[C@H]1[C@H](C(=O)OC)[C@H]2C=C[C@@H]1N2. The zero-order valence-electron chi connectivity index (χ0n) is 8.60. The number of hydrogen-bond donors (Lipinski definition) is 1. The number of carbonyl (C=O) groups is 2. The molecule has 0 saturated carbocycles. The minimum Gasteiger partial charge on any atom is -0.469 e. The molecule has 1 saturated heterocycles. The molecule has 0 aliphatic carbocycles. The molecule has 2 aliphatic heterocycles. The van der Waals surface area contributed by atoms with Crippen LogP contribution in [0.4, 0.5) is 0 Å². The average Bonchev–Trinajstić information content (AvgIpc) is 2.86. The van der Waals surface area contributed by atoms with Crippen molar-refractivity contribution in [3.05, 3.63) is 12.2 Å². The van der Waals surface area contributed by atoms with Crippen LogP contribution >= 0.6 is 0 Å². The van der Waals surface area contributed by atoms with Crippen LogP contribution in [0.15, 0.2) is 12.2 Å². The van der Waals surface area contributed by atoms with Crippen molar-refractivity contribution in [1.29, 1.82) is 0 Å². The zero-order chi connectivity index (χ0) is 11.0. The molecule has 0 aromatic heterocycles. The molecule has 0 amide bonds. The number of nitrogens with one attached hydrogen (secondary N) is 1.